The van der Waals surface area contributed by atoms with Crippen LogP contribution in [0.5, 0.6) is 0 Å². The van der Waals surface area contributed by atoms with Gasteiger partial charge in [-0.05, 0) is 43.7 Å². The molecule has 1 heterocycles. The van der Waals surface area contributed by atoms with E-state index >= 15 is 0 Å². The zero-order valence-corrected chi connectivity index (χ0v) is 12.6. The molecule has 5 nitrogen and oxygen atoms in total. The summed E-state index contributed by atoms with van der Waals surface area (Å²) in [5, 5.41) is 10.2. The van der Waals surface area contributed by atoms with E-state index in [4.69, 9.17) is 4.42 Å². The predicted octanol–water partition coefficient (Wildman–Crippen LogP) is 3.74. The maximum absolute atomic E-state index is 13.2. The number of rotatable bonds is 3. The minimum Gasteiger partial charge on any atom is -0.412 e. The van der Waals surface area contributed by atoms with Crippen LogP contribution in [0.25, 0.3) is 11.5 Å². The highest BCUT2D eigenvalue weighted by molar-refractivity contribution is 6.01. The summed E-state index contributed by atoms with van der Waals surface area (Å²) in [6, 6.07) is 11.4. The minimum atomic E-state index is -0.507. The average Bonchev–Trinajstić information content (AvgIpc) is 3.00. The highest BCUT2D eigenvalue weighted by Gasteiger charge is 2.17. The number of carbonyl (C=O) groups is 1. The highest BCUT2D eigenvalue weighted by Crippen LogP contribution is 2.20. The second kappa shape index (κ2) is 6.00. The van der Waals surface area contributed by atoms with Crippen molar-refractivity contribution in [3.8, 4) is 11.5 Å². The number of aryl methyl sites for hydroxylation is 2. The summed E-state index contributed by atoms with van der Waals surface area (Å²) in [4.78, 5) is 12.2. The molecule has 0 saturated heterocycles. The zero-order valence-electron chi connectivity index (χ0n) is 12.6. The fourth-order valence-electron chi connectivity index (χ4n) is 2.18. The van der Waals surface area contributed by atoms with Crippen molar-refractivity contribution < 1.29 is 13.6 Å². The van der Waals surface area contributed by atoms with Gasteiger partial charge in [0.05, 0.1) is 0 Å². The fourth-order valence-corrected chi connectivity index (χ4v) is 2.18. The molecular formula is C17H14FN3O2. The number of hydrogen-bond acceptors (Lipinski definition) is 4. The van der Waals surface area contributed by atoms with Gasteiger partial charge in [0, 0.05) is 11.3 Å². The van der Waals surface area contributed by atoms with Crippen molar-refractivity contribution in [3.63, 3.8) is 0 Å². The largest absolute Gasteiger partial charge is 0.412 e. The molecule has 0 aliphatic carbocycles. The standard InChI is InChI=1S/C17H14FN3O2/c1-10-6-7-14(11(2)8-10)19-15(22)17-21-20-16(23-17)12-4-3-5-13(18)9-12/h3-9H,1-2H3,(H,19,22). The van der Waals surface area contributed by atoms with Gasteiger partial charge in [0.25, 0.3) is 0 Å². The molecule has 1 amide bonds. The first-order valence-corrected chi connectivity index (χ1v) is 7.01. The summed E-state index contributed by atoms with van der Waals surface area (Å²) >= 11 is 0. The molecule has 6 heteroatoms. The van der Waals surface area contributed by atoms with Crippen molar-refractivity contribution in [2.45, 2.75) is 13.8 Å². The van der Waals surface area contributed by atoms with Crippen LogP contribution in [0.1, 0.15) is 21.8 Å². The first-order chi connectivity index (χ1) is 11.0. The lowest BCUT2D eigenvalue weighted by molar-refractivity contribution is 0.0990. The molecule has 0 spiro atoms. The van der Waals surface area contributed by atoms with Crippen LogP contribution in [0.4, 0.5) is 10.1 Å². The molecule has 0 atom stereocenters. The number of nitrogens with one attached hydrogen (secondary N) is 1. The lowest BCUT2D eigenvalue weighted by Crippen LogP contribution is -2.13. The molecule has 0 aliphatic rings. The van der Waals surface area contributed by atoms with E-state index in [2.05, 4.69) is 15.5 Å². The van der Waals surface area contributed by atoms with E-state index < -0.39 is 11.7 Å². The number of anilines is 1. The van der Waals surface area contributed by atoms with Crippen LogP contribution >= 0.6 is 0 Å². The molecule has 0 radical (unpaired) electrons. The minimum absolute atomic E-state index is 0.0929. The summed E-state index contributed by atoms with van der Waals surface area (Å²) in [5.74, 6) is -1.01. The summed E-state index contributed by atoms with van der Waals surface area (Å²) < 4.78 is 18.5. The second-order valence-corrected chi connectivity index (χ2v) is 5.20. The van der Waals surface area contributed by atoms with Gasteiger partial charge in [0.15, 0.2) is 0 Å². The van der Waals surface area contributed by atoms with Crippen LogP contribution < -0.4 is 5.32 Å². The van der Waals surface area contributed by atoms with Crippen molar-refractivity contribution in [1.82, 2.24) is 10.2 Å². The number of amides is 1. The quantitative estimate of drug-likeness (QED) is 0.800. The number of nitrogens with zero attached hydrogens (tertiary/aromatic N) is 2. The van der Waals surface area contributed by atoms with Gasteiger partial charge in [0.1, 0.15) is 5.82 Å². The van der Waals surface area contributed by atoms with Gasteiger partial charge in [-0.25, -0.2) is 4.39 Å². The lowest BCUT2D eigenvalue weighted by Gasteiger charge is -2.06. The van der Waals surface area contributed by atoms with E-state index in [-0.39, 0.29) is 11.8 Å². The van der Waals surface area contributed by atoms with Gasteiger partial charge < -0.3 is 9.73 Å². The van der Waals surface area contributed by atoms with Gasteiger partial charge >= 0.3 is 11.8 Å². The first kappa shape index (κ1) is 14.9. The van der Waals surface area contributed by atoms with E-state index in [1.165, 1.54) is 18.2 Å². The van der Waals surface area contributed by atoms with Crippen LogP contribution in [-0.2, 0) is 0 Å². The third-order valence-corrected chi connectivity index (χ3v) is 3.32. The Kier molecular flexibility index (Phi) is 3.89. The number of aromatic nitrogens is 2. The number of hydrogen-bond donors (Lipinski definition) is 1. The molecule has 0 aliphatic heterocycles. The average molecular weight is 311 g/mol. The zero-order chi connectivity index (χ0) is 16.4. The van der Waals surface area contributed by atoms with E-state index in [1.54, 1.807) is 6.07 Å². The third-order valence-electron chi connectivity index (χ3n) is 3.32. The van der Waals surface area contributed by atoms with Crippen LogP contribution in [0.15, 0.2) is 46.9 Å². The van der Waals surface area contributed by atoms with Gasteiger partial charge in [-0.3, -0.25) is 4.79 Å². The normalized spacial score (nSPS) is 10.6. The Hall–Kier alpha value is -3.02. The second-order valence-electron chi connectivity index (χ2n) is 5.20. The van der Waals surface area contributed by atoms with Crippen LogP contribution in [-0.4, -0.2) is 16.1 Å². The van der Waals surface area contributed by atoms with Crippen LogP contribution in [0.3, 0.4) is 0 Å². The Morgan fingerprint density at radius 1 is 1.13 bits per heavy atom. The summed E-state index contributed by atoms with van der Waals surface area (Å²) in [5.41, 5.74) is 3.13. The van der Waals surface area contributed by atoms with E-state index in [0.29, 0.717) is 11.3 Å². The smallest absolute Gasteiger partial charge is 0.313 e. The number of carbonyl (C=O) groups excluding carboxylic acids is 1. The molecule has 116 valence electrons. The number of halogens is 1. The first-order valence-electron chi connectivity index (χ1n) is 7.01. The van der Waals surface area contributed by atoms with Crippen molar-refractivity contribution in [2.24, 2.45) is 0 Å². The lowest BCUT2D eigenvalue weighted by atomic mass is 10.1. The van der Waals surface area contributed by atoms with Crippen LogP contribution in [0.2, 0.25) is 0 Å². The molecule has 23 heavy (non-hydrogen) atoms. The topological polar surface area (TPSA) is 68.0 Å². The molecule has 0 unspecified atom stereocenters. The van der Waals surface area contributed by atoms with Crippen LogP contribution in [0, 0.1) is 19.7 Å². The number of benzene rings is 2. The maximum atomic E-state index is 13.2. The molecular weight excluding hydrogens is 297 g/mol. The molecule has 2 aromatic carbocycles. The Morgan fingerprint density at radius 2 is 1.96 bits per heavy atom. The molecule has 3 rings (SSSR count). The molecule has 3 aromatic rings. The van der Waals surface area contributed by atoms with Crippen molar-refractivity contribution in [1.29, 1.82) is 0 Å². The van der Waals surface area contributed by atoms with Crippen molar-refractivity contribution >= 4 is 11.6 Å². The van der Waals surface area contributed by atoms with Crippen molar-refractivity contribution in [2.75, 3.05) is 5.32 Å². The molecule has 0 saturated carbocycles. The maximum Gasteiger partial charge on any atom is 0.313 e. The third kappa shape index (κ3) is 3.26. The summed E-state index contributed by atoms with van der Waals surface area (Å²) in [6.07, 6.45) is 0. The molecule has 0 fully saturated rings. The monoisotopic (exact) mass is 311 g/mol. The fraction of sp³-hybridized carbons (Fsp3) is 0.118. The van der Waals surface area contributed by atoms with E-state index in [0.717, 1.165) is 11.1 Å². The summed E-state index contributed by atoms with van der Waals surface area (Å²) in [6.45, 7) is 3.87. The Balaban J connectivity index is 1.81. The Morgan fingerprint density at radius 3 is 2.70 bits per heavy atom. The van der Waals surface area contributed by atoms with E-state index in [1.807, 2.05) is 32.0 Å². The Bertz CT molecular complexity index is 874. The SMILES string of the molecule is Cc1ccc(NC(=O)c2nnc(-c3cccc(F)c3)o2)c(C)c1. The summed E-state index contributed by atoms with van der Waals surface area (Å²) in [7, 11) is 0. The van der Waals surface area contributed by atoms with Gasteiger partial charge in [-0.2, -0.15) is 0 Å². The molecule has 1 N–H and O–H groups in total. The van der Waals surface area contributed by atoms with Crippen molar-refractivity contribution in [3.05, 3.63) is 65.3 Å². The van der Waals surface area contributed by atoms with Gasteiger partial charge in [-0.15, -0.1) is 10.2 Å². The van der Waals surface area contributed by atoms with Gasteiger partial charge in [0.2, 0.25) is 5.89 Å². The Labute approximate surface area is 132 Å². The van der Waals surface area contributed by atoms with E-state index in [9.17, 15) is 9.18 Å². The molecule has 0 bridgehead atoms. The predicted molar refractivity (Wildman–Crippen MR) is 83.6 cm³/mol. The van der Waals surface area contributed by atoms with Gasteiger partial charge in [-0.1, -0.05) is 23.8 Å². The molecule has 1 aromatic heterocycles. The highest BCUT2D eigenvalue weighted by atomic mass is 19.1.